The lowest BCUT2D eigenvalue weighted by Crippen LogP contribution is -2.36. The summed E-state index contributed by atoms with van der Waals surface area (Å²) in [5, 5.41) is 6.18. The minimum atomic E-state index is -0.312. The van der Waals surface area contributed by atoms with Crippen LogP contribution in [0.3, 0.4) is 0 Å². The summed E-state index contributed by atoms with van der Waals surface area (Å²) in [5.74, 6) is -0.662. The predicted molar refractivity (Wildman–Crippen MR) is 92.4 cm³/mol. The van der Waals surface area contributed by atoms with Gasteiger partial charge >= 0.3 is 0 Å². The first-order valence-electron chi connectivity index (χ1n) is 7.67. The van der Waals surface area contributed by atoms with Gasteiger partial charge < -0.3 is 10.6 Å². The second-order valence-corrected chi connectivity index (χ2v) is 6.64. The fourth-order valence-electron chi connectivity index (χ4n) is 1.97. The van der Waals surface area contributed by atoms with E-state index in [-0.39, 0.29) is 23.5 Å². The van der Waals surface area contributed by atoms with Gasteiger partial charge in [0.1, 0.15) is 15.7 Å². The molecule has 2 amide bonds. The summed E-state index contributed by atoms with van der Waals surface area (Å²) in [6.45, 7) is 6.11. The molecule has 128 valence electrons. The van der Waals surface area contributed by atoms with Gasteiger partial charge in [-0.1, -0.05) is 13.8 Å². The highest BCUT2D eigenvalue weighted by Crippen LogP contribution is 2.27. The number of rotatable bonds is 6. The zero-order chi connectivity index (χ0) is 17.7. The highest BCUT2D eigenvalue weighted by molar-refractivity contribution is 7.17. The van der Waals surface area contributed by atoms with Crippen LogP contribution >= 0.6 is 11.3 Å². The second kappa shape index (κ2) is 8.01. The van der Waals surface area contributed by atoms with Crippen LogP contribution in [0.25, 0.3) is 10.6 Å². The van der Waals surface area contributed by atoms with E-state index in [1.54, 1.807) is 19.1 Å². The van der Waals surface area contributed by atoms with Crippen LogP contribution in [0.15, 0.2) is 24.3 Å². The third-order valence-corrected chi connectivity index (χ3v) is 4.53. The van der Waals surface area contributed by atoms with Crippen molar-refractivity contribution >= 4 is 23.2 Å². The molecule has 0 aliphatic rings. The van der Waals surface area contributed by atoms with E-state index in [0.717, 1.165) is 5.56 Å². The third kappa shape index (κ3) is 4.61. The molecule has 7 heteroatoms. The third-order valence-electron chi connectivity index (χ3n) is 3.33. The molecule has 0 saturated carbocycles. The summed E-state index contributed by atoms with van der Waals surface area (Å²) < 4.78 is 13.0. The van der Waals surface area contributed by atoms with Crippen LogP contribution in [-0.4, -0.2) is 29.9 Å². The van der Waals surface area contributed by atoms with E-state index in [9.17, 15) is 14.0 Å². The fourth-order valence-corrected chi connectivity index (χ4v) is 2.96. The van der Waals surface area contributed by atoms with Crippen molar-refractivity contribution < 1.29 is 14.0 Å². The molecule has 0 aliphatic heterocycles. The average molecular weight is 349 g/mol. The van der Waals surface area contributed by atoms with Crippen molar-refractivity contribution in [2.75, 3.05) is 13.1 Å². The summed E-state index contributed by atoms with van der Waals surface area (Å²) in [7, 11) is 0. The number of hydrogen-bond acceptors (Lipinski definition) is 4. The van der Waals surface area contributed by atoms with E-state index < -0.39 is 0 Å². The predicted octanol–water partition coefficient (Wildman–Crippen LogP) is 2.76. The first-order chi connectivity index (χ1) is 11.4. The van der Waals surface area contributed by atoms with Gasteiger partial charge in [-0.2, -0.15) is 0 Å². The number of nitrogens with zero attached hydrogens (tertiary/aromatic N) is 1. The van der Waals surface area contributed by atoms with Gasteiger partial charge in [0.05, 0.1) is 5.69 Å². The molecule has 0 aliphatic carbocycles. The fraction of sp³-hybridized carbons (Fsp3) is 0.353. The highest BCUT2D eigenvalue weighted by atomic mass is 32.1. The van der Waals surface area contributed by atoms with Gasteiger partial charge in [0.25, 0.3) is 5.91 Å². The SMILES string of the molecule is Cc1nc(-c2ccc(F)cc2)sc1C(=O)NCCNC(=O)C(C)C. The summed E-state index contributed by atoms with van der Waals surface area (Å²) in [5.41, 5.74) is 1.40. The highest BCUT2D eigenvalue weighted by Gasteiger charge is 2.16. The minimum Gasteiger partial charge on any atom is -0.354 e. The number of thiazole rings is 1. The van der Waals surface area contributed by atoms with E-state index in [4.69, 9.17) is 0 Å². The maximum atomic E-state index is 13.0. The van der Waals surface area contributed by atoms with Crippen LogP contribution in [0.4, 0.5) is 4.39 Å². The van der Waals surface area contributed by atoms with Gasteiger partial charge in [-0.25, -0.2) is 9.37 Å². The summed E-state index contributed by atoms with van der Waals surface area (Å²) in [4.78, 5) is 28.6. The normalized spacial score (nSPS) is 10.7. The molecule has 0 bridgehead atoms. The first kappa shape index (κ1) is 18.1. The first-order valence-corrected chi connectivity index (χ1v) is 8.49. The average Bonchev–Trinajstić information content (AvgIpc) is 2.93. The van der Waals surface area contributed by atoms with Crippen LogP contribution in [0, 0.1) is 18.7 Å². The van der Waals surface area contributed by atoms with Gasteiger partial charge in [-0.3, -0.25) is 9.59 Å². The monoisotopic (exact) mass is 349 g/mol. The molecule has 0 atom stereocenters. The lowest BCUT2D eigenvalue weighted by molar-refractivity contribution is -0.123. The number of aryl methyl sites for hydroxylation is 1. The molecule has 0 spiro atoms. The number of aromatic nitrogens is 1. The van der Waals surface area contributed by atoms with Crippen LogP contribution in [-0.2, 0) is 4.79 Å². The molecule has 1 aromatic carbocycles. The van der Waals surface area contributed by atoms with Gasteiger partial charge in [0.15, 0.2) is 0 Å². The molecule has 5 nitrogen and oxygen atoms in total. The number of amides is 2. The Kier molecular flexibility index (Phi) is 6.03. The zero-order valence-electron chi connectivity index (χ0n) is 13.9. The Morgan fingerprint density at radius 1 is 1.17 bits per heavy atom. The van der Waals surface area contributed by atoms with Crippen molar-refractivity contribution in [1.82, 2.24) is 15.6 Å². The largest absolute Gasteiger partial charge is 0.354 e. The molecule has 2 aromatic rings. The van der Waals surface area contributed by atoms with Crippen LogP contribution in [0.5, 0.6) is 0 Å². The van der Waals surface area contributed by atoms with Crippen LogP contribution < -0.4 is 10.6 Å². The number of hydrogen-bond donors (Lipinski definition) is 2. The molecule has 24 heavy (non-hydrogen) atoms. The van der Waals surface area contributed by atoms with Crippen LogP contribution in [0.1, 0.15) is 29.2 Å². The molecular formula is C17H20FN3O2S. The standard InChI is InChI=1S/C17H20FN3O2S/c1-10(2)15(22)19-8-9-20-16(23)14-11(3)21-17(24-14)12-4-6-13(18)7-5-12/h4-7,10H,8-9H2,1-3H3,(H,19,22)(H,20,23). The van der Waals surface area contributed by atoms with E-state index in [1.165, 1.54) is 23.5 Å². The summed E-state index contributed by atoms with van der Waals surface area (Å²) in [6, 6.07) is 6.00. The summed E-state index contributed by atoms with van der Waals surface area (Å²) >= 11 is 1.26. The number of nitrogens with one attached hydrogen (secondary N) is 2. The van der Waals surface area contributed by atoms with Crippen molar-refractivity contribution in [2.24, 2.45) is 5.92 Å². The Morgan fingerprint density at radius 3 is 2.42 bits per heavy atom. The van der Waals surface area contributed by atoms with E-state index >= 15 is 0 Å². The summed E-state index contributed by atoms with van der Waals surface area (Å²) in [6.07, 6.45) is 0. The minimum absolute atomic E-state index is 0.0446. The van der Waals surface area contributed by atoms with Crippen molar-refractivity contribution in [3.8, 4) is 10.6 Å². The molecule has 0 radical (unpaired) electrons. The number of halogens is 1. The Morgan fingerprint density at radius 2 is 1.79 bits per heavy atom. The van der Waals surface area contributed by atoms with Crippen molar-refractivity contribution in [3.05, 3.63) is 40.7 Å². The maximum Gasteiger partial charge on any atom is 0.263 e. The Bertz CT molecular complexity index is 726. The zero-order valence-corrected chi connectivity index (χ0v) is 14.7. The Balaban J connectivity index is 1.95. The topological polar surface area (TPSA) is 71.1 Å². The number of carbonyl (C=O) groups excluding carboxylic acids is 2. The van der Waals surface area contributed by atoms with E-state index in [1.807, 2.05) is 13.8 Å². The molecule has 0 unspecified atom stereocenters. The van der Waals surface area contributed by atoms with E-state index in [0.29, 0.717) is 28.7 Å². The molecule has 2 N–H and O–H groups in total. The molecule has 2 rings (SSSR count). The maximum absolute atomic E-state index is 13.0. The van der Waals surface area contributed by atoms with Crippen molar-refractivity contribution in [3.63, 3.8) is 0 Å². The second-order valence-electron chi connectivity index (χ2n) is 5.64. The number of carbonyl (C=O) groups is 2. The molecule has 0 saturated heterocycles. The van der Waals surface area contributed by atoms with Crippen molar-refractivity contribution in [1.29, 1.82) is 0 Å². The number of benzene rings is 1. The Hall–Kier alpha value is -2.28. The molecule has 1 heterocycles. The van der Waals surface area contributed by atoms with Crippen LogP contribution in [0.2, 0.25) is 0 Å². The molecular weight excluding hydrogens is 329 g/mol. The van der Waals surface area contributed by atoms with Gasteiger partial charge in [-0.05, 0) is 31.2 Å². The lowest BCUT2D eigenvalue weighted by Gasteiger charge is -2.08. The smallest absolute Gasteiger partial charge is 0.263 e. The van der Waals surface area contributed by atoms with Gasteiger partial charge in [0.2, 0.25) is 5.91 Å². The van der Waals surface area contributed by atoms with Gasteiger partial charge in [0, 0.05) is 24.6 Å². The quantitative estimate of drug-likeness (QED) is 0.788. The van der Waals surface area contributed by atoms with Crippen molar-refractivity contribution in [2.45, 2.75) is 20.8 Å². The van der Waals surface area contributed by atoms with Gasteiger partial charge in [-0.15, -0.1) is 11.3 Å². The van der Waals surface area contributed by atoms with E-state index in [2.05, 4.69) is 15.6 Å². The molecule has 0 fully saturated rings. The Labute approximate surface area is 144 Å². The lowest BCUT2D eigenvalue weighted by atomic mass is 10.2. The molecule has 1 aromatic heterocycles.